The predicted molar refractivity (Wildman–Crippen MR) is 122 cm³/mol. The summed E-state index contributed by atoms with van der Waals surface area (Å²) in [5.41, 5.74) is 3.73. The number of aryl methyl sites for hydroxylation is 1. The van der Waals surface area contributed by atoms with E-state index in [4.69, 9.17) is 0 Å². The molecule has 1 atom stereocenters. The van der Waals surface area contributed by atoms with Crippen molar-refractivity contribution in [3.63, 3.8) is 0 Å². The molecule has 1 aliphatic rings. The highest BCUT2D eigenvalue weighted by Gasteiger charge is 2.26. The summed E-state index contributed by atoms with van der Waals surface area (Å²) in [7, 11) is 0. The molecule has 4 rings (SSSR count). The predicted octanol–water partition coefficient (Wildman–Crippen LogP) is 1.64. The lowest BCUT2D eigenvalue weighted by atomic mass is 9.98. The molecule has 2 heterocycles. The molecular formula is C25H31N3OS+2. The average molecular weight is 422 g/mol. The van der Waals surface area contributed by atoms with Crippen LogP contribution in [0, 0.1) is 6.92 Å². The Kier molecular flexibility index (Phi) is 6.95. The third-order valence-electron chi connectivity index (χ3n) is 5.95. The number of quaternary nitrogens is 2. The van der Waals surface area contributed by atoms with Crippen LogP contribution in [-0.4, -0.2) is 43.5 Å². The molecule has 0 bridgehead atoms. The van der Waals surface area contributed by atoms with Gasteiger partial charge in [0.25, 0.3) is 5.91 Å². The molecule has 0 spiro atoms. The summed E-state index contributed by atoms with van der Waals surface area (Å²) in [6.45, 7) is 7.44. The van der Waals surface area contributed by atoms with Gasteiger partial charge in [-0.25, -0.2) is 0 Å². The van der Waals surface area contributed by atoms with E-state index in [1.54, 1.807) is 4.90 Å². The lowest BCUT2D eigenvalue weighted by molar-refractivity contribution is -0.917. The molecule has 3 aromatic rings. The van der Waals surface area contributed by atoms with Crippen LogP contribution in [0.15, 0.2) is 72.1 Å². The highest BCUT2D eigenvalue weighted by molar-refractivity contribution is 7.09. The Labute approximate surface area is 183 Å². The molecule has 1 saturated heterocycles. The second-order valence-electron chi connectivity index (χ2n) is 8.13. The van der Waals surface area contributed by atoms with E-state index in [0.29, 0.717) is 6.54 Å². The van der Waals surface area contributed by atoms with Gasteiger partial charge in [-0.3, -0.25) is 4.79 Å². The number of carbonyl (C=O) groups excluding carboxylic acids is 1. The maximum atomic E-state index is 12.9. The zero-order valence-electron chi connectivity index (χ0n) is 17.6. The molecule has 1 aromatic heterocycles. The van der Waals surface area contributed by atoms with Crippen molar-refractivity contribution < 1.29 is 15.0 Å². The molecular weight excluding hydrogens is 390 g/mol. The first kappa shape index (κ1) is 20.8. The van der Waals surface area contributed by atoms with Gasteiger partial charge in [-0.05, 0) is 18.4 Å². The molecule has 30 heavy (non-hydrogen) atoms. The molecule has 0 radical (unpaired) electrons. The number of nitrogens with zero attached hydrogens (tertiary/aromatic N) is 1. The Morgan fingerprint density at radius 1 is 1.00 bits per heavy atom. The molecule has 2 aromatic carbocycles. The van der Waals surface area contributed by atoms with Gasteiger partial charge in [0.05, 0.1) is 31.1 Å². The fourth-order valence-corrected chi connectivity index (χ4v) is 4.93. The van der Waals surface area contributed by atoms with Gasteiger partial charge in [0.15, 0.2) is 6.54 Å². The number of hydrogen-bond donors (Lipinski definition) is 2. The minimum absolute atomic E-state index is 0.140. The Balaban J connectivity index is 1.34. The number of piperazine rings is 1. The van der Waals surface area contributed by atoms with E-state index in [9.17, 15) is 4.79 Å². The fraction of sp³-hybridized carbons (Fsp3) is 0.320. The molecule has 0 saturated carbocycles. The van der Waals surface area contributed by atoms with Crippen molar-refractivity contribution in [1.29, 1.82) is 0 Å². The number of carbonyl (C=O) groups is 1. The van der Waals surface area contributed by atoms with Crippen LogP contribution in [0.3, 0.4) is 0 Å². The number of nitrogens with one attached hydrogen (secondary N) is 1. The summed E-state index contributed by atoms with van der Waals surface area (Å²) in [5, 5.41) is 4.33. The molecule has 5 heteroatoms. The first-order valence-corrected chi connectivity index (χ1v) is 11.7. The smallest absolute Gasteiger partial charge is 0.278 e. The summed E-state index contributed by atoms with van der Waals surface area (Å²) in [6, 6.07) is 23.6. The van der Waals surface area contributed by atoms with Gasteiger partial charge >= 0.3 is 0 Å². The van der Waals surface area contributed by atoms with Gasteiger partial charge in [-0.1, -0.05) is 66.2 Å². The van der Waals surface area contributed by atoms with E-state index >= 15 is 0 Å². The molecule has 156 valence electrons. The van der Waals surface area contributed by atoms with Crippen LogP contribution >= 0.6 is 11.3 Å². The van der Waals surface area contributed by atoms with Crippen LogP contribution in [0.2, 0.25) is 0 Å². The summed E-state index contributed by atoms with van der Waals surface area (Å²) in [5.74, 6) is 0.248. The molecule has 1 aliphatic heterocycles. The second kappa shape index (κ2) is 10.0. The van der Waals surface area contributed by atoms with Crippen molar-refractivity contribution in [2.75, 3.05) is 32.7 Å². The van der Waals surface area contributed by atoms with Crippen molar-refractivity contribution in [2.45, 2.75) is 19.5 Å². The number of nitrogens with two attached hydrogens (primary N) is 1. The number of thiophene rings is 1. The molecule has 4 nitrogen and oxygen atoms in total. The Hall–Kier alpha value is -2.47. The number of benzene rings is 2. The zero-order chi connectivity index (χ0) is 20.8. The topological polar surface area (TPSA) is 41.4 Å². The minimum Gasteiger partial charge on any atom is -0.328 e. The molecule has 0 unspecified atom stereocenters. The second-order valence-corrected chi connectivity index (χ2v) is 9.16. The van der Waals surface area contributed by atoms with Crippen molar-refractivity contribution in [2.24, 2.45) is 0 Å². The van der Waals surface area contributed by atoms with E-state index < -0.39 is 0 Å². The maximum absolute atomic E-state index is 12.9. The number of amides is 1. The van der Waals surface area contributed by atoms with Crippen LogP contribution in [0.4, 0.5) is 0 Å². The third-order valence-corrected chi connectivity index (χ3v) is 6.83. The van der Waals surface area contributed by atoms with Crippen LogP contribution in [0.5, 0.6) is 0 Å². The lowest BCUT2D eigenvalue weighted by Gasteiger charge is -2.32. The van der Waals surface area contributed by atoms with Crippen molar-refractivity contribution in [1.82, 2.24) is 4.90 Å². The van der Waals surface area contributed by atoms with Gasteiger partial charge in [-0.2, -0.15) is 0 Å². The first-order chi connectivity index (χ1) is 14.7. The lowest BCUT2D eigenvalue weighted by Crippen LogP contribution is -3.13. The summed E-state index contributed by atoms with van der Waals surface area (Å²) in [4.78, 5) is 18.0. The third kappa shape index (κ3) is 5.36. The molecule has 1 amide bonds. The quantitative estimate of drug-likeness (QED) is 0.598. The van der Waals surface area contributed by atoms with Crippen LogP contribution < -0.4 is 10.2 Å². The van der Waals surface area contributed by atoms with Gasteiger partial charge in [0.1, 0.15) is 12.6 Å². The highest BCUT2D eigenvalue weighted by atomic mass is 32.1. The number of rotatable bonds is 7. The van der Waals surface area contributed by atoms with Crippen LogP contribution in [0.1, 0.15) is 27.6 Å². The Bertz CT molecular complexity index is 917. The van der Waals surface area contributed by atoms with Gasteiger partial charge < -0.3 is 15.1 Å². The van der Waals surface area contributed by atoms with Crippen LogP contribution in [-0.2, 0) is 11.3 Å². The van der Waals surface area contributed by atoms with Crippen molar-refractivity contribution in [3.05, 3.63) is 93.7 Å². The van der Waals surface area contributed by atoms with E-state index in [1.807, 2.05) is 22.3 Å². The highest BCUT2D eigenvalue weighted by Crippen LogP contribution is 2.18. The Morgan fingerprint density at radius 2 is 1.70 bits per heavy atom. The average Bonchev–Trinajstić information content (AvgIpc) is 3.29. The van der Waals surface area contributed by atoms with Gasteiger partial charge in [0.2, 0.25) is 0 Å². The van der Waals surface area contributed by atoms with E-state index in [-0.39, 0.29) is 11.9 Å². The minimum atomic E-state index is 0.140. The van der Waals surface area contributed by atoms with Crippen molar-refractivity contribution in [3.8, 4) is 0 Å². The van der Waals surface area contributed by atoms with Crippen LogP contribution in [0.25, 0.3) is 0 Å². The van der Waals surface area contributed by atoms with Gasteiger partial charge in [0, 0.05) is 11.1 Å². The van der Waals surface area contributed by atoms with E-state index in [1.165, 1.54) is 21.6 Å². The first-order valence-electron chi connectivity index (χ1n) is 10.8. The Morgan fingerprint density at radius 3 is 2.37 bits per heavy atom. The summed E-state index contributed by atoms with van der Waals surface area (Å²) >= 11 is 1.83. The maximum Gasteiger partial charge on any atom is 0.278 e. The van der Waals surface area contributed by atoms with Gasteiger partial charge in [-0.15, -0.1) is 11.3 Å². The van der Waals surface area contributed by atoms with E-state index in [0.717, 1.165) is 32.7 Å². The monoisotopic (exact) mass is 421 g/mol. The summed E-state index contributed by atoms with van der Waals surface area (Å²) in [6.07, 6.45) is 0. The molecule has 3 N–H and O–H groups in total. The molecule has 0 aliphatic carbocycles. The summed E-state index contributed by atoms with van der Waals surface area (Å²) < 4.78 is 0. The number of hydrogen-bond acceptors (Lipinski definition) is 2. The zero-order valence-corrected chi connectivity index (χ0v) is 18.4. The molecule has 1 fully saturated rings. The standard InChI is InChI=1S/C25H29N3OS/c1-20-9-11-22(12-10-20)25(21-6-3-2-4-7-21)26-18-24(29)28-15-13-27(14-16-28)19-23-8-5-17-30-23/h2-12,17,25-26H,13-16,18-19H2,1H3/p+2/t25-/m1/s1. The van der Waals surface area contributed by atoms with E-state index in [2.05, 4.69) is 78.3 Å². The normalized spacial score (nSPS) is 15.8. The SMILES string of the molecule is Cc1ccc([C@H]([NH2+]CC(=O)N2CC[NH+](Cc3cccs3)CC2)c2ccccc2)cc1. The van der Waals surface area contributed by atoms with Crippen molar-refractivity contribution >= 4 is 17.2 Å². The largest absolute Gasteiger partial charge is 0.328 e. The fourth-order valence-electron chi connectivity index (χ4n) is 4.16.